The Morgan fingerprint density at radius 3 is 2.46 bits per heavy atom. The number of aromatic nitrogens is 2. The van der Waals surface area contributed by atoms with E-state index in [0.717, 1.165) is 29.7 Å². The molecule has 1 unspecified atom stereocenters. The molecule has 0 saturated carbocycles. The zero-order valence-electron chi connectivity index (χ0n) is 15.4. The van der Waals surface area contributed by atoms with Crippen LogP contribution in [0.3, 0.4) is 0 Å². The van der Waals surface area contributed by atoms with E-state index in [4.69, 9.17) is 4.52 Å². The fourth-order valence-corrected chi connectivity index (χ4v) is 3.14. The van der Waals surface area contributed by atoms with Crippen molar-refractivity contribution in [3.8, 4) is 0 Å². The van der Waals surface area contributed by atoms with Crippen LogP contribution in [-0.2, 0) is 29.7 Å². The van der Waals surface area contributed by atoms with Gasteiger partial charge < -0.3 is 9.84 Å². The molecule has 1 aliphatic rings. The van der Waals surface area contributed by atoms with Gasteiger partial charge in [0.2, 0.25) is 5.89 Å². The van der Waals surface area contributed by atoms with Crippen molar-refractivity contribution in [1.29, 1.82) is 0 Å². The topological polar surface area (TPSA) is 88.3 Å². The molecule has 26 heavy (non-hydrogen) atoms. The maximum Gasteiger partial charge on any atom is 0.325 e. The lowest BCUT2D eigenvalue weighted by molar-refractivity contribution is -0.131. The Kier molecular flexibility index (Phi) is 5.06. The van der Waals surface area contributed by atoms with Crippen LogP contribution >= 0.6 is 0 Å². The molecule has 138 valence electrons. The summed E-state index contributed by atoms with van der Waals surface area (Å²) >= 11 is 0. The van der Waals surface area contributed by atoms with Gasteiger partial charge in [-0.1, -0.05) is 49.7 Å². The average molecular weight is 356 g/mol. The number of hydrogen-bond donors (Lipinski definition) is 1. The minimum atomic E-state index is -1.09. The molecule has 3 amide bonds. The van der Waals surface area contributed by atoms with Gasteiger partial charge in [-0.2, -0.15) is 4.98 Å². The second-order valence-electron chi connectivity index (χ2n) is 6.75. The van der Waals surface area contributed by atoms with E-state index in [1.54, 1.807) is 6.92 Å². The largest absolute Gasteiger partial charge is 0.339 e. The normalized spacial score (nSPS) is 19.9. The molecule has 0 radical (unpaired) electrons. The number of rotatable bonds is 7. The third-order valence-corrected chi connectivity index (χ3v) is 4.62. The quantitative estimate of drug-likeness (QED) is 0.771. The van der Waals surface area contributed by atoms with Crippen LogP contribution < -0.4 is 5.32 Å². The first-order chi connectivity index (χ1) is 12.5. The van der Waals surface area contributed by atoms with Gasteiger partial charge in [0.15, 0.2) is 5.82 Å². The van der Waals surface area contributed by atoms with Gasteiger partial charge >= 0.3 is 6.03 Å². The molecular formula is C19H24N4O3. The van der Waals surface area contributed by atoms with E-state index in [9.17, 15) is 9.59 Å². The van der Waals surface area contributed by atoms with Crippen LogP contribution in [0.4, 0.5) is 4.79 Å². The summed E-state index contributed by atoms with van der Waals surface area (Å²) in [7, 11) is 0. The van der Waals surface area contributed by atoms with E-state index in [2.05, 4.69) is 22.4 Å². The van der Waals surface area contributed by atoms with Crippen molar-refractivity contribution in [2.45, 2.75) is 58.5 Å². The Hall–Kier alpha value is -2.70. The van der Waals surface area contributed by atoms with Crippen molar-refractivity contribution in [2.24, 2.45) is 0 Å². The van der Waals surface area contributed by atoms with Crippen LogP contribution in [0, 0.1) is 0 Å². The molecule has 1 aromatic heterocycles. The highest BCUT2D eigenvalue weighted by Gasteiger charge is 2.49. The molecule has 2 aromatic rings. The van der Waals surface area contributed by atoms with Gasteiger partial charge in [0.1, 0.15) is 5.54 Å². The van der Waals surface area contributed by atoms with E-state index < -0.39 is 11.6 Å². The fraction of sp³-hybridized carbons (Fsp3) is 0.474. The summed E-state index contributed by atoms with van der Waals surface area (Å²) in [5.41, 5.74) is 0.888. The van der Waals surface area contributed by atoms with E-state index in [1.807, 2.05) is 31.2 Å². The molecule has 1 atom stereocenters. The van der Waals surface area contributed by atoms with E-state index in [0.29, 0.717) is 18.1 Å². The Morgan fingerprint density at radius 1 is 1.12 bits per heavy atom. The molecule has 7 heteroatoms. The third-order valence-electron chi connectivity index (χ3n) is 4.62. The minimum absolute atomic E-state index is 0.00138. The van der Waals surface area contributed by atoms with Crippen molar-refractivity contribution in [1.82, 2.24) is 20.4 Å². The first-order valence-electron chi connectivity index (χ1n) is 9.03. The summed E-state index contributed by atoms with van der Waals surface area (Å²) < 4.78 is 5.13. The van der Waals surface area contributed by atoms with Crippen LogP contribution in [-0.4, -0.2) is 27.0 Å². The number of hydrogen-bond acceptors (Lipinski definition) is 5. The number of nitrogens with one attached hydrogen (secondary N) is 1. The SMILES string of the molecule is CCCc1ccc(C2(C)NC(=O)N(Cc3noc(CCC)n3)C2=O)cc1. The molecule has 1 aliphatic heterocycles. The van der Waals surface area contributed by atoms with Crippen molar-refractivity contribution in [2.75, 3.05) is 0 Å². The molecule has 7 nitrogen and oxygen atoms in total. The molecule has 1 N–H and O–H groups in total. The van der Waals surface area contributed by atoms with Crippen LogP contribution in [0.15, 0.2) is 28.8 Å². The number of carbonyl (C=O) groups is 2. The third kappa shape index (κ3) is 3.34. The second-order valence-corrected chi connectivity index (χ2v) is 6.75. The Morgan fingerprint density at radius 2 is 1.81 bits per heavy atom. The number of carbonyl (C=O) groups excluding carboxylic acids is 2. The van der Waals surface area contributed by atoms with Crippen molar-refractivity contribution < 1.29 is 14.1 Å². The van der Waals surface area contributed by atoms with Crippen molar-refractivity contribution in [3.05, 3.63) is 47.1 Å². The summed E-state index contributed by atoms with van der Waals surface area (Å²) in [5.74, 6) is 0.538. The maximum absolute atomic E-state index is 12.9. The molecule has 1 saturated heterocycles. The molecule has 0 bridgehead atoms. The lowest BCUT2D eigenvalue weighted by atomic mass is 9.91. The van der Waals surface area contributed by atoms with E-state index in [1.165, 1.54) is 5.56 Å². The molecule has 1 aromatic carbocycles. The number of nitrogens with zero attached hydrogens (tertiary/aromatic N) is 3. The Labute approximate surface area is 152 Å². The first-order valence-corrected chi connectivity index (χ1v) is 9.03. The monoisotopic (exact) mass is 356 g/mol. The summed E-state index contributed by atoms with van der Waals surface area (Å²) in [4.78, 5) is 30.7. The second kappa shape index (κ2) is 7.27. The molecule has 0 spiro atoms. The fourth-order valence-electron chi connectivity index (χ4n) is 3.14. The predicted molar refractivity (Wildman–Crippen MR) is 95.2 cm³/mol. The van der Waals surface area contributed by atoms with Crippen LogP contribution in [0.5, 0.6) is 0 Å². The number of amides is 3. The highest BCUT2D eigenvalue weighted by molar-refractivity contribution is 6.07. The minimum Gasteiger partial charge on any atom is -0.339 e. The molecule has 0 aliphatic carbocycles. The molecule has 1 fully saturated rings. The first kappa shape index (κ1) is 18.1. The molecular weight excluding hydrogens is 332 g/mol. The van der Waals surface area contributed by atoms with Gasteiger partial charge in [-0.05, 0) is 30.9 Å². The smallest absolute Gasteiger partial charge is 0.325 e. The van der Waals surface area contributed by atoms with Gasteiger partial charge in [-0.3, -0.25) is 9.69 Å². The van der Waals surface area contributed by atoms with Crippen LogP contribution in [0.1, 0.15) is 56.5 Å². The number of imide groups is 1. The number of urea groups is 1. The van der Waals surface area contributed by atoms with E-state index in [-0.39, 0.29) is 12.5 Å². The maximum atomic E-state index is 12.9. The van der Waals surface area contributed by atoms with Crippen molar-refractivity contribution >= 4 is 11.9 Å². The Bertz CT molecular complexity index is 799. The number of aryl methyl sites for hydroxylation is 2. The highest BCUT2D eigenvalue weighted by atomic mass is 16.5. The van der Waals surface area contributed by atoms with Crippen molar-refractivity contribution in [3.63, 3.8) is 0 Å². The van der Waals surface area contributed by atoms with Gasteiger partial charge in [0, 0.05) is 6.42 Å². The lowest BCUT2D eigenvalue weighted by Gasteiger charge is -2.22. The van der Waals surface area contributed by atoms with Gasteiger partial charge in [-0.25, -0.2) is 4.79 Å². The average Bonchev–Trinajstić information content (AvgIpc) is 3.15. The summed E-state index contributed by atoms with van der Waals surface area (Å²) in [6, 6.07) is 7.36. The highest BCUT2D eigenvalue weighted by Crippen LogP contribution is 2.30. The summed E-state index contributed by atoms with van der Waals surface area (Å²) in [6.07, 6.45) is 3.61. The lowest BCUT2D eigenvalue weighted by Crippen LogP contribution is -2.40. The predicted octanol–water partition coefficient (Wildman–Crippen LogP) is 2.94. The van der Waals surface area contributed by atoms with Gasteiger partial charge in [0.25, 0.3) is 5.91 Å². The molecule has 2 heterocycles. The van der Waals surface area contributed by atoms with E-state index >= 15 is 0 Å². The van der Waals surface area contributed by atoms with Gasteiger partial charge in [0.05, 0.1) is 6.54 Å². The molecule has 3 rings (SSSR count). The Balaban J connectivity index is 1.78. The standard InChI is InChI=1S/C19H24N4O3/c1-4-6-13-8-10-14(11-9-13)19(3)17(24)23(18(25)21-19)12-15-20-16(7-5-2)26-22-15/h8-11H,4-7,12H2,1-3H3,(H,21,25). The zero-order valence-corrected chi connectivity index (χ0v) is 15.4. The number of benzene rings is 1. The van der Waals surface area contributed by atoms with Crippen LogP contribution in [0.25, 0.3) is 0 Å². The zero-order chi connectivity index (χ0) is 18.7. The summed E-state index contributed by atoms with van der Waals surface area (Å²) in [6.45, 7) is 5.86. The van der Waals surface area contributed by atoms with Crippen LogP contribution in [0.2, 0.25) is 0 Å². The summed E-state index contributed by atoms with van der Waals surface area (Å²) in [5, 5.41) is 6.66. The van der Waals surface area contributed by atoms with Gasteiger partial charge in [-0.15, -0.1) is 0 Å².